The molecule has 0 N–H and O–H groups in total. The summed E-state index contributed by atoms with van der Waals surface area (Å²) in [6.07, 6.45) is 4.63. The molecule has 3 heterocycles. The zero-order valence-corrected chi connectivity index (χ0v) is 12.2. The number of hydrogen-bond donors (Lipinski definition) is 0. The Morgan fingerprint density at radius 2 is 1.50 bits per heavy atom. The Hall–Kier alpha value is 0.230. The summed E-state index contributed by atoms with van der Waals surface area (Å²) in [6, 6.07) is 0. The molecule has 0 aromatic heterocycles. The van der Waals surface area contributed by atoms with Crippen LogP contribution >= 0.6 is 7.51 Å². The van der Waals surface area contributed by atoms with Gasteiger partial charge in [-0.15, -0.1) is 0 Å². The van der Waals surface area contributed by atoms with Gasteiger partial charge in [-0.25, -0.2) is 0 Å². The normalized spacial score (nSPS) is 41.8. The van der Waals surface area contributed by atoms with Gasteiger partial charge in [-0.3, -0.25) is 0 Å². The van der Waals surface area contributed by atoms with E-state index < -0.39 is 7.51 Å². The van der Waals surface area contributed by atoms with Crippen molar-refractivity contribution < 1.29 is 18.1 Å². The first-order valence-electron chi connectivity index (χ1n) is 7.02. The molecule has 3 rings (SSSR count). The van der Waals surface area contributed by atoms with Gasteiger partial charge in [0, 0.05) is 0 Å². The predicted molar refractivity (Wildman–Crippen MR) is 70.2 cm³/mol. The van der Waals surface area contributed by atoms with Crippen LogP contribution in [0.3, 0.4) is 0 Å². The van der Waals surface area contributed by atoms with E-state index in [4.69, 9.17) is 18.1 Å². The zero-order valence-electron chi connectivity index (χ0n) is 11.3. The summed E-state index contributed by atoms with van der Waals surface area (Å²) in [7, 11) is -3.29. The van der Waals surface area contributed by atoms with Gasteiger partial charge in [0.25, 0.3) is 0 Å². The van der Waals surface area contributed by atoms with E-state index in [1.165, 1.54) is 19.3 Å². The fraction of sp³-hybridized carbons (Fsp3) is 1.00. The Bertz CT molecular complexity index is 301. The van der Waals surface area contributed by atoms with Gasteiger partial charge in [0.1, 0.15) is 0 Å². The van der Waals surface area contributed by atoms with Crippen molar-refractivity contribution in [1.29, 1.82) is 0 Å². The Balaban J connectivity index is 1.78. The third-order valence-corrected chi connectivity index (χ3v) is 7.46. The summed E-state index contributed by atoms with van der Waals surface area (Å²) < 4.78 is 24.2. The van der Waals surface area contributed by atoms with Crippen molar-refractivity contribution >= 4 is 7.51 Å². The van der Waals surface area contributed by atoms with Crippen molar-refractivity contribution in [2.45, 2.75) is 45.3 Å². The molecule has 2 atom stereocenters. The topological polar surface area (TPSA) is 40.2 Å². The number of likely N-dealkylation sites (tertiary alicyclic amines) is 1. The van der Waals surface area contributed by atoms with Crippen molar-refractivity contribution in [2.75, 3.05) is 32.6 Å². The number of hydrogen-bond acceptors (Lipinski definition) is 5. The minimum atomic E-state index is -3.29. The molecule has 3 aliphatic rings. The average Bonchev–Trinajstić information content (AvgIpc) is 2.83. The molecule has 5 nitrogen and oxygen atoms in total. The molecule has 3 aliphatic heterocycles. The van der Waals surface area contributed by atoms with E-state index in [1.54, 1.807) is 0 Å². The molecule has 1 spiro atoms. The zero-order chi connectivity index (χ0) is 12.7. The van der Waals surface area contributed by atoms with E-state index in [1.807, 2.05) is 13.8 Å². The first kappa shape index (κ1) is 13.2. The molecule has 3 saturated heterocycles. The molecule has 0 saturated carbocycles. The standard InChI is InChI=1S/C12H24NO4P/c1-11-8-14-18(16-11,15-9-12(2)17-18)10-13-6-4-3-5-7-13/h11-12H,3-10H2,1-2H3. The molecule has 18 heavy (non-hydrogen) atoms. The third kappa shape index (κ3) is 2.33. The molecule has 0 amide bonds. The molecule has 2 unspecified atom stereocenters. The number of nitrogens with zero attached hydrogens (tertiary/aromatic N) is 1. The van der Waals surface area contributed by atoms with E-state index in [0.29, 0.717) is 19.5 Å². The average molecular weight is 277 g/mol. The molecule has 0 aromatic rings. The monoisotopic (exact) mass is 277 g/mol. The van der Waals surface area contributed by atoms with E-state index in [2.05, 4.69) is 4.90 Å². The minimum absolute atomic E-state index is 0.0674. The van der Waals surface area contributed by atoms with Crippen LogP contribution in [0.2, 0.25) is 0 Å². The maximum atomic E-state index is 6.09. The Morgan fingerprint density at radius 3 is 1.94 bits per heavy atom. The second kappa shape index (κ2) is 4.65. The Labute approximate surface area is 109 Å². The molecule has 0 aromatic carbocycles. The van der Waals surface area contributed by atoms with Gasteiger partial charge in [0.15, 0.2) is 0 Å². The van der Waals surface area contributed by atoms with Crippen LogP contribution in [-0.4, -0.2) is 49.7 Å². The van der Waals surface area contributed by atoms with Gasteiger partial charge in [-0.05, 0) is 0 Å². The first-order chi connectivity index (χ1) is 8.59. The molecule has 3 fully saturated rings. The summed E-state index contributed by atoms with van der Waals surface area (Å²) in [4.78, 5) is 2.39. The molecule has 0 aliphatic carbocycles. The molecular formula is C12H24NO4P. The van der Waals surface area contributed by atoms with Gasteiger partial charge in [0.2, 0.25) is 0 Å². The molecule has 106 valence electrons. The van der Waals surface area contributed by atoms with Gasteiger partial charge in [0.05, 0.1) is 0 Å². The van der Waals surface area contributed by atoms with Crippen molar-refractivity contribution in [2.24, 2.45) is 0 Å². The van der Waals surface area contributed by atoms with Crippen LogP contribution in [0.5, 0.6) is 0 Å². The quantitative estimate of drug-likeness (QED) is 0.725. The van der Waals surface area contributed by atoms with Crippen molar-refractivity contribution in [3.63, 3.8) is 0 Å². The first-order valence-corrected chi connectivity index (χ1v) is 9.11. The predicted octanol–water partition coefficient (Wildman–Crippen LogP) is 2.51. The maximum absolute atomic E-state index is 6.09. The Morgan fingerprint density at radius 1 is 0.944 bits per heavy atom. The molecule has 0 bridgehead atoms. The van der Waals surface area contributed by atoms with E-state index in [-0.39, 0.29) is 12.2 Å². The summed E-state index contributed by atoms with van der Waals surface area (Å²) in [5, 5.41) is 0. The van der Waals surface area contributed by atoms with Crippen LogP contribution in [0, 0.1) is 0 Å². The third-order valence-electron chi connectivity index (χ3n) is 3.76. The SMILES string of the molecule is CC1COP2(CN3CCCCC3)(OCC(C)O2)O1. The fourth-order valence-electron chi connectivity index (χ4n) is 3.01. The van der Waals surface area contributed by atoms with E-state index >= 15 is 0 Å². The van der Waals surface area contributed by atoms with Crippen LogP contribution in [0.4, 0.5) is 0 Å². The summed E-state index contributed by atoms with van der Waals surface area (Å²) in [6.45, 7) is 7.40. The summed E-state index contributed by atoms with van der Waals surface area (Å²) >= 11 is 0. The van der Waals surface area contributed by atoms with Crippen LogP contribution in [0.1, 0.15) is 33.1 Å². The fourth-order valence-corrected chi connectivity index (χ4v) is 7.12. The molecular weight excluding hydrogens is 253 g/mol. The van der Waals surface area contributed by atoms with Crippen LogP contribution < -0.4 is 0 Å². The Kier molecular flexibility index (Phi) is 3.42. The number of piperidine rings is 1. The molecule has 6 heteroatoms. The number of rotatable bonds is 2. The second-order valence-electron chi connectivity index (χ2n) is 5.71. The van der Waals surface area contributed by atoms with E-state index in [0.717, 1.165) is 13.1 Å². The summed E-state index contributed by atoms with van der Waals surface area (Å²) in [5.74, 6) is 0. The van der Waals surface area contributed by atoms with Crippen LogP contribution in [-0.2, 0) is 18.1 Å². The van der Waals surface area contributed by atoms with Gasteiger partial charge >= 0.3 is 108 Å². The van der Waals surface area contributed by atoms with Crippen LogP contribution in [0.15, 0.2) is 0 Å². The van der Waals surface area contributed by atoms with Crippen molar-refractivity contribution in [3.8, 4) is 0 Å². The van der Waals surface area contributed by atoms with Gasteiger partial charge in [-0.2, -0.15) is 0 Å². The summed E-state index contributed by atoms with van der Waals surface area (Å²) in [5.41, 5.74) is 0. The van der Waals surface area contributed by atoms with E-state index in [9.17, 15) is 0 Å². The van der Waals surface area contributed by atoms with Crippen molar-refractivity contribution in [3.05, 3.63) is 0 Å². The van der Waals surface area contributed by atoms with Crippen LogP contribution in [0.25, 0.3) is 0 Å². The molecule has 0 radical (unpaired) electrons. The second-order valence-corrected chi connectivity index (χ2v) is 8.86. The van der Waals surface area contributed by atoms with Crippen molar-refractivity contribution in [1.82, 2.24) is 4.90 Å². The van der Waals surface area contributed by atoms with Gasteiger partial charge in [-0.1, -0.05) is 0 Å². The van der Waals surface area contributed by atoms with Gasteiger partial charge < -0.3 is 0 Å².